The summed E-state index contributed by atoms with van der Waals surface area (Å²) in [5.74, 6) is 1.66. The average molecular weight is 391 g/mol. The zero-order valence-electron chi connectivity index (χ0n) is 16.9. The minimum atomic E-state index is 0.143. The van der Waals surface area contributed by atoms with Crippen molar-refractivity contribution in [2.75, 3.05) is 26.3 Å². The first kappa shape index (κ1) is 18.8. The normalized spacial score (nSPS) is 26.8. The van der Waals surface area contributed by atoms with Crippen LogP contribution in [0.15, 0.2) is 54.6 Å². The number of nitrogens with zero attached hydrogens (tertiary/aromatic N) is 1. The van der Waals surface area contributed by atoms with Crippen LogP contribution in [0.4, 0.5) is 0 Å². The Morgan fingerprint density at radius 2 is 1.69 bits per heavy atom. The standard InChI is InChI=1S/C25H30N2O2/c28-24(14-18-10-12-29-13-11-18)26-25-21-9-5-4-8-20(21)22-16-27(17-23(22)25)15-19-6-2-1-3-7-19/h1-9,18,22-23,25H,10-17H2,(H,26,28)/t22-,23-,25+/m0/s1. The number of carbonyl (C=O) groups excluding carboxylic acids is 1. The maximum absolute atomic E-state index is 12.9. The number of nitrogens with one attached hydrogen (secondary N) is 1. The van der Waals surface area contributed by atoms with E-state index in [2.05, 4.69) is 64.8 Å². The molecule has 2 fully saturated rings. The van der Waals surface area contributed by atoms with Gasteiger partial charge in [-0.3, -0.25) is 9.69 Å². The molecule has 2 aromatic rings. The Balaban J connectivity index is 1.29. The number of benzene rings is 2. The van der Waals surface area contributed by atoms with Crippen molar-refractivity contribution in [1.29, 1.82) is 0 Å². The molecule has 2 heterocycles. The third kappa shape index (κ3) is 3.96. The lowest BCUT2D eigenvalue weighted by atomic mass is 9.93. The SMILES string of the molecule is O=C(CC1CCOCC1)N[C@@H]1c2ccccc2[C@@H]2CN(Cc3ccccc3)C[C@H]12. The van der Waals surface area contributed by atoms with E-state index in [1.54, 1.807) is 0 Å². The first-order valence-electron chi connectivity index (χ1n) is 11.0. The zero-order valence-corrected chi connectivity index (χ0v) is 16.9. The van der Waals surface area contributed by atoms with Crippen molar-refractivity contribution in [3.8, 4) is 0 Å². The largest absolute Gasteiger partial charge is 0.381 e. The fourth-order valence-corrected chi connectivity index (χ4v) is 5.54. The molecule has 2 aliphatic heterocycles. The topological polar surface area (TPSA) is 41.6 Å². The summed E-state index contributed by atoms with van der Waals surface area (Å²) in [7, 11) is 0. The summed E-state index contributed by atoms with van der Waals surface area (Å²) in [5.41, 5.74) is 4.13. The Morgan fingerprint density at radius 3 is 2.48 bits per heavy atom. The lowest BCUT2D eigenvalue weighted by Crippen LogP contribution is -2.35. The molecular formula is C25H30N2O2. The van der Waals surface area contributed by atoms with Crippen molar-refractivity contribution >= 4 is 5.91 Å². The molecule has 3 atom stereocenters. The molecule has 4 heteroatoms. The number of ether oxygens (including phenoxy) is 1. The smallest absolute Gasteiger partial charge is 0.220 e. The highest BCUT2D eigenvalue weighted by atomic mass is 16.5. The minimum Gasteiger partial charge on any atom is -0.381 e. The lowest BCUT2D eigenvalue weighted by molar-refractivity contribution is -0.123. The Labute approximate surface area is 173 Å². The van der Waals surface area contributed by atoms with Crippen LogP contribution < -0.4 is 5.32 Å². The summed E-state index contributed by atoms with van der Waals surface area (Å²) in [6.07, 6.45) is 2.64. The van der Waals surface area contributed by atoms with Crippen molar-refractivity contribution in [3.05, 3.63) is 71.3 Å². The van der Waals surface area contributed by atoms with Crippen LogP contribution in [0.1, 0.15) is 47.9 Å². The third-order valence-corrected chi connectivity index (χ3v) is 6.98. The fourth-order valence-electron chi connectivity index (χ4n) is 5.54. The van der Waals surface area contributed by atoms with Crippen LogP contribution >= 0.6 is 0 Å². The van der Waals surface area contributed by atoms with E-state index in [1.165, 1.54) is 16.7 Å². The quantitative estimate of drug-likeness (QED) is 0.842. The predicted molar refractivity (Wildman–Crippen MR) is 113 cm³/mol. The molecule has 4 nitrogen and oxygen atoms in total. The monoisotopic (exact) mass is 390 g/mol. The van der Waals surface area contributed by atoms with Crippen LogP contribution in [0, 0.1) is 11.8 Å². The van der Waals surface area contributed by atoms with Gasteiger partial charge in [0, 0.05) is 51.1 Å². The Bertz CT molecular complexity index is 847. The van der Waals surface area contributed by atoms with Crippen LogP contribution in [0.2, 0.25) is 0 Å². The van der Waals surface area contributed by atoms with Gasteiger partial charge >= 0.3 is 0 Å². The summed E-state index contributed by atoms with van der Waals surface area (Å²) >= 11 is 0. The van der Waals surface area contributed by atoms with E-state index in [4.69, 9.17) is 4.74 Å². The average Bonchev–Trinajstić information content (AvgIpc) is 3.28. The molecule has 1 N–H and O–H groups in total. The number of carbonyl (C=O) groups is 1. The first-order valence-corrected chi connectivity index (χ1v) is 11.0. The molecule has 0 spiro atoms. The minimum absolute atomic E-state index is 0.143. The second-order valence-electron chi connectivity index (χ2n) is 8.88. The van der Waals surface area contributed by atoms with Gasteiger partial charge in [0.1, 0.15) is 0 Å². The van der Waals surface area contributed by atoms with Crippen LogP contribution in [-0.2, 0) is 16.1 Å². The number of hydrogen-bond donors (Lipinski definition) is 1. The summed E-state index contributed by atoms with van der Waals surface area (Å²) in [4.78, 5) is 15.4. The van der Waals surface area contributed by atoms with Crippen molar-refractivity contribution in [2.24, 2.45) is 11.8 Å². The van der Waals surface area contributed by atoms with Gasteiger partial charge in [-0.15, -0.1) is 0 Å². The highest BCUT2D eigenvalue weighted by Crippen LogP contribution is 2.49. The lowest BCUT2D eigenvalue weighted by Gasteiger charge is -2.25. The van der Waals surface area contributed by atoms with Crippen molar-refractivity contribution in [2.45, 2.75) is 37.8 Å². The van der Waals surface area contributed by atoms with Crippen molar-refractivity contribution in [1.82, 2.24) is 10.2 Å². The van der Waals surface area contributed by atoms with Gasteiger partial charge in [0.05, 0.1) is 6.04 Å². The van der Waals surface area contributed by atoms with Crippen LogP contribution in [-0.4, -0.2) is 37.1 Å². The highest BCUT2D eigenvalue weighted by molar-refractivity contribution is 5.77. The second-order valence-corrected chi connectivity index (χ2v) is 8.88. The molecule has 5 rings (SSSR count). The second kappa shape index (κ2) is 8.29. The van der Waals surface area contributed by atoms with Crippen molar-refractivity contribution < 1.29 is 9.53 Å². The number of amides is 1. The van der Waals surface area contributed by atoms with Gasteiger partial charge in [-0.05, 0) is 35.4 Å². The van der Waals surface area contributed by atoms with Gasteiger partial charge < -0.3 is 10.1 Å². The van der Waals surface area contributed by atoms with Crippen LogP contribution in [0.3, 0.4) is 0 Å². The Hall–Kier alpha value is -2.17. The molecule has 152 valence electrons. The van der Waals surface area contributed by atoms with E-state index >= 15 is 0 Å². The Kier molecular flexibility index (Phi) is 5.38. The molecule has 0 unspecified atom stereocenters. The Morgan fingerprint density at radius 1 is 0.966 bits per heavy atom. The predicted octanol–water partition coefficient (Wildman–Crippen LogP) is 3.89. The van der Waals surface area contributed by atoms with Crippen LogP contribution in [0.5, 0.6) is 0 Å². The van der Waals surface area contributed by atoms with E-state index in [9.17, 15) is 4.79 Å². The van der Waals surface area contributed by atoms with E-state index in [1.807, 2.05) is 0 Å². The number of likely N-dealkylation sites (tertiary alicyclic amines) is 1. The molecule has 0 aromatic heterocycles. The number of rotatable bonds is 5. The molecular weight excluding hydrogens is 360 g/mol. The molecule has 0 radical (unpaired) electrons. The zero-order chi connectivity index (χ0) is 19.6. The molecule has 2 saturated heterocycles. The maximum atomic E-state index is 12.9. The highest BCUT2D eigenvalue weighted by Gasteiger charge is 2.46. The van der Waals surface area contributed by atoms with Gasteiger partial charge in [-0.2, -0.15) is 0 Å². The van der Waals surface area contributed by atoms with E-state index < -0.39 is 0 Å². The molecule has 1 amide bonds. The van der Waals surface area contributed by atoms with E-state index in [0.717, 1.165) is 45.7 Å². The molecule has 3 aliphatic rings. The molecule has 0 bridgehead atoms. The molecule has 1 aliphatic carbocycles. The van der Waals surface area contributed by atoms with Crippen LogP contribution in [0.25, 0.3) is 0 Å². The molecule has 2 aromatic carbocycles. The van der Waals surface area contributed by atoms with E-state index in [-0.39, 0.29) is 11.9 Å². The fraction of sp³-hybridized carbons (Fsp3) is 0.480. The van der Waals surface area contributed by atoms with Gasteiger partial charge in [0.15, 0.2) is 0 Å². The summed E-state index contributed by atoms with van der Waals surface area (Å²) < 4.78 is 5.44. The van der Waals surface area contributed by atoms with Gasteiger partial charge in [-0.25, -0.2) is 0 Å². The summed E-state index contributed by atoms with van der Waals surface area (Å²) in [6.45, 7) is 4.69. The maximum Gasteiger partial charge on any atom is 0.220 e. The first-order chi connectivity index (χ1) is 14.3. The number of hydrogen-bond acceptors (Lipinski definition) is 3. The molecule has 0 saturated carbocycles. The number of fused-ring (bicyclic) bond motifs is 3. The third-order valence-electron chi connectivity index (χ3n) is 6.98. The van der Waals surface area contributed by atoms with Gasteiger partial charge in [0.2, 0.25) is 5.91 Å². The van der Waals surface area contributed by atoms with Gasteiger partial charge in [-0.1, -0.05) is 54.6 Å². The van der Waals surface area contributed by atoms with E-state index in [0.29, 0.717) is 24.2 Å². The van der Waals surface area contributed by atoms with Crippen molar-refractivity contribution in [3.63, 3.8) is 0 Å². The van der Waals surface area contributed by atoms with Gasteiger partial charge in [0.25, 0.3) is 0 Å². The molecule has 29 heavy (non-hydrogen) atoms. The summed E-state index contributed by atoms with van der Waals surface area (Å²) in [5, 5.41) is 3.43. The summed E-state index contributed by atoms with van der Waals surface area (Å²) in [6, 6.07) is 19.6.